The van der Waals surface area contributed by atoms with Gasteiger partial charge in [-0.1, -0.05) is 73.6 Å². The molecule has 148 valence electrons. The number of thioether (sulfide) groups is 1. The van der Waals surface area contributed by atoms with Crippen LogP contribution in [0.4, 0.5) is 0 Å². The predicted molar refractivity (Wildman–Crippen MR) is 114 cm³/mol. The summed E-state index contributed by atoms with van der Waals surface area (Å²) in [4.78, 5) is 0. The van der Waals surface area contributed by atoms with Crippen LogP contribution in [0.5, 0.6) is 0 Å². The van der Waals surface area contributed by atoms with Crippen LogP contribution in [0.1, 0.15) is 42.7 Å². The van der Waals surface area contributed by atoms with Crippen LogP contribution in [-0.2, 0) is 5.75 Å². The first-order chi connectivity index (χ1) is 14.0. The van der Waals surface area contributed by atoms with Crippen LogP contribution in [0.3, 0.4) is 0 Å². The van der Waals surface area contributed by atoms with Crippen molar-refractivity contribution in [1.82, 2.24) is 25.0 Å². The van der Waals surface area contributed by atoms with E-state index in [2.05, 4.69) is 94.3 Å². The third-order valence-electron chi connectivity index (χ3n) is 4.64. The highest BCUT2D eigenvalue weighted by Crippen LogP contribution is 2.33. The Bertz CT molecular complexity index is 1110. The molecule has 0 saturated heterocycles. The molecule has 0 amide bonds. The van der Waals surface area contributed by atoms with E-state index < -0.39 is 0 Å². The van der Waals surface area contributed by atoms with Crippen molar-refractivity contribution in [3.63, 3.8) is 0 Å². The van der Waals surface area contributed by atoms with E-state index in [-0.39, 0.29) is 0 Å². The average Bonchev–Trinajstić information content (AvgIpc) is 3.33. The van der Waals surface area contributed by atoms with Crippen molar-refractivity contribution in [1.29, 1.82) is 0 Å². The van der Waals surface area contributed by atoms with Crippen molar-refractivity contribution in [2.24, 2.45) is 0 Å². The molecule has 0 N–H and O–H groups in total. The van der Waals surface area contributed by atoms with Gasteiger partial charge in [0.05, 0.1) is 11.4 Å². The van der Waals surface area contributed by atoms with Gasteiger partial charge < -0.3 is 4.42 Å². The van der Waals surface area contributed by atoms with E-state index in [1.807, 2.05) is 0 Å². The molecule has 7 heteroatoms. The molecule has 2 aromatic carbocycles. The Labute approximate surface area is 174 Å². The van der Waals surface area contributed by atoms with E-state index in [1.54, 1.807) is 18.7 Å². The van der Waals surface area contributed by atoms with E-state index in [4.69, 9.17) is 4.42 Å². The molecule has 2 aromatic heterocycles. The van der Waals surface area contributed by atoms with Crippen LogP contribution < -0.4 is 0 Å². The van der Waals surface area contributed by atoms with Gasteiger partial charge in [-0.25, -0.2) is 0 Å². The second-order valence-corrected chi connectivity index (χ2v) is 8.17. The van der Waals surface area contributed by atoms with Crippen LogP contribution in [0.2, 0.25) is 0 Å². The summed E-state index contributed by atoms with van der Waals surface area (Å²) in [5.74, 6) is 2.87. The number of rotatable bonds is 6. The van der Waals surface area contributed by atoms with Gasteiger partial charge in [0.2, 0.25) is 11.8 Å². The maximum absolute atomic E-state index is 5.52. The normalized spacial score (nSPS) is 11.3. The monoisotopic (exact) mass is 405 g/mol. The fourth-order valence-electron chi connectivity index (χ4n) is 3.17. The number of aromatic nitrogens is 5. The van der Waals surface area contributed by atoms with Gasteiger partial charge in [-0.15, -0.1) is 20.4 Å². The van der Waals surface area contributed by atoms with Gasteiger partial charge >= 0.3 is 0 Å². The van der Waals surface area contributed by atoms with Crippen molar-refractivity contribution in [3.8, 4) is 17.1 Å². The van der Waals surface area contributed by atoms with Gasteiger partial charge in [-0.3, -0.25) is 4.57 Å². The third-order valence-corrected chi connectivity index (χ3v) is 5.55. The maximum atomic E-state index is 5.52. The lowest BCUT2D eigenvalue weighted by Crippen LogP contribution is -2.05. The Morgan fingerprint density at radius 2 is 1.69 bits per heavy atom. The van der Waals surface area contributed by atoms with Crippen LogP contribution in [0, 0.1) is 13.8 Å². The van der Waals surface area contributed by atoms with Gasteiger partial charge in [0.15, 0.2) is 11.0 Å². The fraction of sp³-hybridized carbons (Fsp3) is 0.273. The topological polar surface area (TPSA) is 69.6 Å². The van der Waals surface area contributed by atoms with E-state index in [9.17, 15) is 0 Å². The van der Waals surface area contributed by atoms with E-state index in [1.165, 1.54) is 11.1 Å². The Hall–Kier alpha value is -2.93. The SMILES string of the molecule is Cc1ccc(-c2nnc(SCc3nnc(C)o3)n2-c2ccccc2C(C)C)cc1. The highest BCUT2D eigenvalue weighted by Gasteiger charge is 2.20. The minimum Gasteiger partial charge on any atom is -0.425 e. The molecule has 2 heterocycles. The molecular formula is C22H23N5OS. The van der Waals surface area contributed by atoms with Crippen LogP contribution in [0.25, 0.3) is 17.1 Å². The number of hydrogen-bond donors (Lipinski definition) is 0. The van der Waals surface area contributed by atoms with Gasteiger partial charge in [0.25, 0.3) is 0 Å². The molecule has 0 fully saturated rings. The van der Waals surface area contributed by atoms with E-state index in [0.29, 0.717) is 23.5 Å². The van der Waals surface area contributed by atoms with E-state index in [0.717, 1.165) is 22.2 Å². The second kappa shape index (κ2) is 8.21. The molecule has 0 aliphatic heterocycles. The molecule has 4 rings (SSSR count). The van der Waals surface area contributed by atoms with Crippen molar-refractivity contribution in [3.05, 3.63) is 71.4 Å². The summed E-state index contributed by atoms with van der Waals surface area (Å²) in [5, 5.41) is 17.8. The number of nitrogens with zero attached hydrogens (tertiary/aromatic N) is 5. The summed E-state index contributed by atoms with van der Waals surface area (Å²) >= 11 is 1.54. The molecule has 0 radical (unpaired) electrons. The lowest BCUT2D eigenvalue weighted by atomic mass is 10.0. The molecule has 0 saturated carbocycles. The average molecular weight is 406 g/mol. The Kier molecular flexibility index (Phi) is 5.49. The van der Waals surface area contributed by atoms with Gasteiger partial charge in [-0.05, 0) is 24.5 Å². The van der Waals surface area contributed by atoms with Crippen molar-refractivity contribution in [2.75, 3.05) is 0 Å². The number of aryl methyl sites for hydroxylation is 2. The number of benzene rings is 2. The van der Waals surface area contributed by atoms with Gasteiger partial charge in [0.1, 0.15) is 0 Å². The Balaban J connectivity index is 1.81. The summed E-state index contributed by atoms with van der Waals surface area (Å²) in [5.41, 5.74) is 4.58. The summed E-state index contributed by atoms with van der Waals surface area (Å²) in [6.07, 6.45) is 0. The van der Waals surface area contributed by atoms with Crippen molar-refractivity contribution >= 4 is 11.8 Å². The lowest BCUT2D eigenvalue weighted by molar-refractivity contribution is 0.485. The minimum absolute atomic E-state index is 0.371. The zero-order valence-corrected chi connectivity index (χ0v) is 17.8. The maximum Gasteiger partial charge on any atom is 0.226 e. The molecule has 0 aliphatic carbocycles. The zero-order valence-electron chi connectivity index (χ0n) is 17.0. The second-order valence-electron chi connectivity index (χ2n) is 7.22. The van der Waals surface area contributed by atoms with E-state index >= 15 is 0 Å². The van der Waals surface area contributed by atoms with Crippen LogP contribution >= 0.6 is 11.8 Å². The summed E-state index contributed by atoms with van der Waals surface area (Å²) < 4.78 is 7.65. The predicted octanol–water partition coefficient (Wildman–Crippen LogP) is 5.35. The standard InChI is InChI=1S/C22H23N5OS/c1-14(2)18-7-5-6-8-19(18)27-21(17-11-9-15(3)10-12-17)25-26-22(27)29-13-20-24-23-16(4)28-20/h5-12,14H,13H2,1-4H3. The molecule has 0 unspecified atom stereocenters. The summed E-state index contributed by atoms with van der Waals surface area (Å²) in [6.45, 7) is 8.26. The fourth-order valence-corrected chi connectivity index (χ4v) is 3.95. The highest BCUT2D eigenvalue weighted by molar-refractivity contribution is 7.98. The van der Waals surface area contributed by atoms with Crippen molar-refractivity contribution < 1.29 is 4.42 Å². The molecular weight excluding hydrogens is 382 g/mol. The molecule has 0 atom stereocenters. The van der Waals surface area contributed by atoms with Gasteiger partial charge in [-0.2, -0.15) is 0 Å². The first kappa shape index (κ1) is 19.4. The zero-order chi connectivity index (χ0) is 20.4. The quantitative estimate of drug-likeness (QED) is 0.403. The smallest absolute Gasteiger partial charge is 0.226 e. The molecule has 29 heavy (non-hydrogen) atoms. The third kappa shape index (κ3) is 4.10. The molecule has 0 aliphatic rings. The molecule has 0 spiro atoms. The number of hydrogen-bond acceptors (Lipinski definition) is 6. The largest absolute Gasteiger partial charge is 0.425 e. The lowest BCUT2D eigenvalue weighted by Gasteiger charge is -2.16. The highest BCUT2D eigenvalue weighted by atomic mass is 32.2. The van der Waals surface area contributed by atoms with Crippen LogP contribution in [0.15, 0.2) is 58.1 Å². The number of para-hydroxylation sites is 1. The van der Waals surface area contributed by atoms with Gasteiger partial charge in [0, 0.05) is 12.5 Å². The molecule has 4 aromatic rings. The summed E-state index contributed by atoms with van der Waals surface area (Å²) in [6, 6.07) is 16.8. The van der Waals surface area contributed by atoms with Crippen molar-refractivity contribution in [2.45, 2.75) is 44.5 Å². The Morgan fingerprint density at radius 3 is 2.38 bits per heavy atom. The minimum atomic E-state index is 0.371. The Morgan fingerprint density at radius 1 is 0.931 bits per heavy atom. The van der Waals surface area contributed by atoms with Crippen LogP contribution in [-0.4, -0.2) is 25.0 Å². The molecule has 0 bridgehead atoms. The first-order valence-electron chi connectivity index (χ1n) is 9.56. The first-order valence-corrected chi connectivity index (χ1v) is 10.5. The molecule has 6 nitrogen and oxygen atoms in total. The summed E-state index contributed by atoms with van der Waals surface area (Å²) in [7, 11) is 0.